The summed E-state index contributed by atoms with van der Waals surface area (Å²) >= 11 is 0. The van der Waals surface area contributed by atoms with E-state index in [1.807, 2.05) is 43.5 Å². The van der Waals surface area contributed by atoms with Crippen LogP contribution >= 0.6 is 0 Å². The third kappa shape index (κ3) is 4.32. The fraction of sp³-hybridized carbons (Fsp3) is 0.333. The minimum atomic E-state index is -0.426. The highest BCUT2D eigenvalue weighted by Gasteiger charge is 2.08. The van der Waals surface area contributed by atoms with E-state index < -0.39 is 6.10 Å². The second-order valence-electron chi connectivity index (χ2n) is 4.94. The molecule has 2 rings (SSSR count). The predicted octanol–water partition coefficient (Wildman–Crippen LogP) is 2.07. The number of aryl methyl sites for hydroxylation is 1. The van der Waals surface area contributed by atoms with Crippen LogP contribution in [0.4, 0.5) is 10.5 Å². The van der Waals surface area contributed by atoms with E-state index in [0.717, 1.165) is 11.4 Å². The molecule has 0 aliphatic carbocycles. The average molecular weight is 288 g/mol. The first-order valence-corrected chi connectivity index (χ1v) is 6.91. The van der Waals surface area contributed by atoms with Crippen molar-refractivity contribution in [1.29, 1.82) is 0 Å². The lowest BCUT2D eigenvalue weighted by molar-refractivity contribution is 0.184. The number of anilines is 1. The second kappa shape index (κ2) is 6.90. The van der Waals surface area contributed by atoms with Gasteiger partial charge in [-0.15, -0.1) is 0 Å². The van der Waals surface area contributed by atoms with E-state index in [0.29, 0.717) is 18.7 Å². The summed E-state index contributed by atoms with van der Waals surface area (Å²) in [5.74, 6) is 0. The van der Waals surface area contributed by atoms with Crippen molar-refractivity contribution in [2.45, 2.75) is 26.4 Å². The zero-order valence-corrected chi connectivity index (χ0v) is 12.2. The van der Waals surface area contributed by atoms with Crippen molar-refractivity contribution in [2.75, 3.05) is 11.9 Å². The number of hydrogen-bond donors (Lipinski definition) is 3. The Morgan fingerprint density at radius 2 is 2.14 bits per heavy atom. The number of aromatic nitrogens is 2. The highest BCUT2D eigenvalue weighted by atomic mass is 16.3. The molecule has 21 heavy (non-hydrogen) atoms. The summed E-state index contributed by atoms with van der Waals surface area (Å²) in [5.41, 5.74) is 2.39. The molecule has 1 heterocycles. The first-order chi connectivity index (χ1) is 10.1. The first kappa shape index (κ1) is 15.1. The lowest BCUT2D eigenvalue weighted by Gasteiger charge is -2.12. The highest BCUT2D eigenvalue weighted by molar-refractivity contribution is 5.91. The summed E-state index contributed by atoms with van der Waals surface area (Å²) in [6.07, 6.45) is 1.94. The van der Waals surface area contributed by atoms with Gasteiger partial charge in [-0.2, -0.15) is 5.10 Å². The number of rotatable bonds is 5. The van der Waals surface area contributed by atoms with Gasteiger partial charge in [0, 0.05) is 12.7 Å². The molecule has 3 N–H and O–H groups in total. The van der Waals surface area contributed by atoms with E-state index in [1.165, 1.54) is 0 Å². The van der Waals surface area contributed by atoms with E-state index in [2.05, 4.69) is 15.7 Å². The Hall–Kier alpha value is -2.34. The number of nitrogens with one attached hydrogen (secondary N) is 2. The quantitative estimate of drug-likeness (QED) is 0.788. The smallest absolute Gasteiger partial charge is 0.319 e. The lowest BCUT2D eigenvalue weighted by Crippen LogP contribution is -2.31. The Morgan fingerprint density at radius 1 is 1.38 bits per heavy atom. The van der Waals surface area contributed by atoms with Gasteiger partial charge in [0.25, 0.3) is 0 Å². The fourth-order valence-electron chi connectivity index (χ4n) is 1.89. The van der Waals surface area contributed by atoms with Gasteiger partial charge in [0.15, 0.2) is 0 Å². The third-order valence-corrected chi connectivity index (χ3v) is 2.97. The van der Waals surface area contributed by atoms with Crippen LogP contribution in [0.25, 0.3) is 5.69 Å². The molecule has 2 aromatic rings. The first-order valence-electron chi connectivity index (χ1n) is 6.91. The number of aliphatic hydroxyl groups excluding tert-OH is 1. The Labute approximate surface area is 123 Å². The van der Waals surface area contributed by atoms with Crippen molar-refractivity contribution < 1.29 is 9.90 Å². The Kier molecular flexibility index (Phi) is 4.94. The number of benzene rings is 1. The number of amides is 2. The standard InChI is InChI=1S/C15H20N4O2/c1-11-8-10-19(18-11)14-6-4-3-5-13(14)17-15(21)16-9-7-12(2)20/h3-6,8,10,12,20H,7,9H2,1-2H3,(H2,16,17,21). The summed E-state index contributed by atoms with van der Waals surface area (Å²) in [5, 5.41) is 19.0. The van der Waals surface area contributed by atoms with E-state index in [-0.39, 0.29) is 6.03 Å². The van der Waals surface area contributed by atoms with Crippen molar-refractivity contribution >= 4 is 11.7 Å². The maximum Gasteiger partial charge on any atom is 0.319 e. The molecule has 0 aliphatic heterocycles. The van der Waals surface area contributed by atoms with E-state index in [4.69, 9.17) is 5.11 Å². The maximum absolute atomic E-state index is 11.8. The summed E-state index contributed by atoms with van der Waals surface area (Å²) in [6.45, 7) is 4.02. The van der Waals surface area contributed by atoms with Crippen LogP contribution in [0.2, 0.25) is 0 Å². The molecule has 0 saturated heterocycles. The monoisotopic (exact) mass is 288 g/mol. The van der Waals surface area contributed by atoms with Gasteiger partial charge in [-0.3, -0.25) is 0 Å². The van der Waals surface area contributed by atoms with E-state index in [1.54, 1.807) is 11.6 Å². The topological polar surface area (TPSA) is 79.2 Å². The van der Waals surface area contributed by atoms with Gasteiger partial charge < -0.3 is 15.7 Å². The number of hydrogen-bond acceptors (Lipinski definition) is 3. The van der Waals surface area contributed by atoms with Gasteiger partial charge in [-0.1, -0.05) is 12.1 Å². The lowest BCUT2D eigenvalue weighted by atomic mass is 10.2. The van der Waals surface area contributed by atoms with Gasteiger partial charge in [-0.25, -0.2) is 9.48 Å². The number of carbonyl (C=O) groups is 1. The van der Waals surface area contributed by atoms with E-state index in [9.17, 15) is 4.79 Å². The second-order valence-corrected chi connectivity index (χ2v) is 4.94. The minimum Gasteiger partial charge on any atom is -0.393 e. The number of nitrogens with zero attached hydrogens (tertiary/aromatic N) is 2. The summed E-state index contributed by atoms with van der Waals surface area (Å²) in [4.78, 5) is 11.8. The van der Waals surface area contributed by atoms with Gasteiger partial charge in [0.1, 0.15) is 0 Å². The molecule has 0 radical (unpaired) electrons. The van der Waals surface area contributed by atoms with Gasteiger partial charge >= 0.3 is 6.03 Å². The molecule has 0 bridgehead atoms. The minimum absolute atomic E-state index is 0.299. The van der Waals surface area contributed by atoms with Crippen LogP contribution in [-0.4, -0.2) is 33.6 Å². The molecule has 0 saturated carbocycles. The molecule has 0 fully saturated rings. The molecule has 0 spiro atoms. The van der Waals surface area contributed by atoms with Gasteiger partial charge in [0.05, 0.1) is 23.2 Å². The zero-order chi connectivity index (χ0) is 15.2. The molecular formula is C15H20N4O2. The van der Waals surface area contributed by atoms with Crippen LogP contribution in [0, 0.1) is 6.92 Å². The summed E-state index contributed by atoms with van der Waals surface area (Å²) in [6, 6.07) is 9.05. The molecule has 6 heteroatoms. The summed E-state index contributed by atoms with van der Waals surface area (Å²) < 4.78 is 1.72. The Morgan fingerprint density at radius 3 is 2.81 bits per heavy atom. The molecule has 0 aliphatic rings. The molecule has 1 aromatic heterocycles. The highest BCUT2D eigenvalue weighted by Crippen LogP contribution is 2.19. The Balaban J connectivity index is 2.05. The Bertz CT molecular complexity index is 607. The molecule has 1 atom stereocenters. The molecule has 1 unspecified atom stereocenters. The summed E-state index contributed by atoms with van der Waals surface area (Å²) in [7, 11) is 0. The van der Waals surface area contributed by atoms with Gasteiger partial charge in [0.2, 0.25) is 0 Å². The average Bonchev–Trinajstić information content (AvgIpc) is 2.85. The van der Waals surface area contributed by atoms with Crippen LogP contribution in [0.15, 0.2) is 36.5 Å². The van der Waals surface area contributed by atoms with Crippen molar-refractivity contribution in [3.63, 3.8) is 0 Å². The number of aliphatic hydroxyl groups is 1. The van der Waals surface area contributed by atoms with Crippen LogP contribution in [0.1, 0.15) is 19.0 Å². The predicted molar refractivity (Wildman–Crippen MR) is 81.6 cm³/mol. The zero-order valence-electron chi connectivity index (χ0n) is 12.2. The number of urea groups is 1. The molecule has 1 aromatic carbocycles. The fourth-order valence-corrected chi connectivity index (χ4v) is 1.89. The molecule has 2 amide bonds. The van der Waals surface area contributed by atoms with Crippen molar-refractivity contribution in [1.82, 2.24) is 15.1 Å². The van der Waals surface area contributed by atoms with Crippen LogP contribution in [-0.2, 0) is 0 Å². The van der Waals surface area contributed by atoms with Crippen LogP contribution in [0.5, 0.6) is 0 Å². The largest absolute Gasteiger partial charge is 0.393 e. The number of para-hydroxylation sites is 2. The maximum atomic E-state index is 11.8. The number of carbonyl (C=O) groups excluding carboxylic acids is 1. The third-order valence-electron chi connectivity index (χ3n) is 2.97. The molecule has 112 valence electrons. The van der Waals surface area contributed by atoms with Crippen molar-refractivity contribution in [3.05, 3.63) is 42.2 Å². The van der Waals surface area contributed by atoms with Gasteiger partial charge in [-0.05, 0) is 38.5 Å². The van der Waals surface area contributed by atoms with Crippen molar-refractivity contribution in [2.24, 2.45) is 0 Å². The normalized spacial score (nSPS) is 12.0. The molecular weight excluding hydrogens is 268 g/mol. The SMILES string of the molecule is Cc1ccn(-c2ccccc2NC(=O)NCCC(C)O)n1. The van der Waals surface area contributed by atoms with Crippen molar-refractivity contribution in [3.8, 4) is 5.69 Å². The van der Waals surface area contributed by atoms with E-state index >= 15 is 0 Å². The molecule has 6 nitrogen and oxygen atoms in total. The van der Waals surface area contributed by atoms with Crippen LogP contribution < -0.4 is 10.6 Å². The van der Waals surface area contributed by atoms with Crippen LogP contribution in [0.3, 0.4) is 0 Å².